The van der Waals surface area contributed by atoms with Crippen LogP contribution in [0.4, 0.5) is 0 Å². The van der Waals surface area contributed by atoms with E-state index >= 15 is 0 Å². The van der Waals surface area contributed by atoms with Gasteiger partial charge in [-0.25, -0.2) is 0 Å². The van der Waals surface area contributed by atoms with Crippen LogP contribution in [0.15, 0.2) is 0 Å². The van der Waals surface area contributed by atoms with Crippen LogP contribution in [-0.2, 0) is 9.59 Å². The molecule has 0 aliphatic carbocycles. The number of hydrogen-bond acceptors (Lipinski definition) is 3. The lowest BCUT2D eigenvalue weighted by molar-refractivity contribution is -0.146. The smallest absolute Gasteiger partial charge is 0.241 e. The van der Waals surface area contributed by atoms with Gasteiger partial charge in [0.25, 0.3) is 0 Å². The number of nitrogens with zero attached hydrogens (tertiary/aromatic N) is 2. The first-order valence-electron chi connectivity index (χ1n) is 6.39. The zero-order valence-electron chi connectivity index (χ0n) is 12.1. The number of nitrogens with two attached hydrogens (primary N) is 1. The molecule has 0 bridgehead atoms. The molecule has 1 aliphatic heterocycles. The molecule has 0 aromatic rings. The Labute approximate surface area is 109 Å². The molecule has 0 radical (unpaired) electrons. The Bertz CT molecular complexity index is 345. The molecule has 5 heteroatoms. The highest BCUT2D eigenvalue weighted by Crippen LogP contribution is 2.30. The highest BCUT2D eigenvalue weighted by Gasteiger charge is 2.43. The van der Waals surface area contributed by atoms with E-state index in [1.54, 1.807) is 16.8 Å². The summed E-state index contributed by atoms with van der Waals surface area (Å²) in [7, 11) is 1.77. The van der Waals surface area contributed by atoms with Gasteiger partial charge in [0.05, 0.1) is 12.0 Å². The fourth-order valence-corrected chi connectivity index (χ4v) is 1.83. The average Bonchev–Trinajstić information content (AvgIpc) is 2.39. The number of hydrogen-bond donors (Lipinski definition) is 1. The predicted molar refractivity (Wildman–Crippen MR) is 70.9 cm³/mol. The van der Waals surface area contributed by atoms with E-state index in [2.05, 4.69) is 0 Å². The minimum atomic E-state index is -0.684. The van der Waals surface area contributed by atoms with Crippen molar-refractivity contribution in [3.05, 3.63) is 0 Å². The summed E-state index contributed by atoms with van der Waals surface area (Å²) in [6.45, 7) is 8.86. The Morgan fingerprint density at radius 1 is 1.22 bits per heavy atom. The van der Waals surface area contributed by atoms with Gasteiger partial charge in [-0.2, -0.15) is 0 Å². The first kappa shape index (κ1) is 15.0. The third-order valence-electron chi connectivity index (χ3n) is 4.11. The minimum Gasteiger partial charge on any atom is -0.344 e. The van der Waals surface area contributed by atoms with E-state index in [1.165, 1.54) is 0 Å². The zero-order chi connectivity index (χ0) is 14.1. The van der Waals surface area contributed by atoms with Gasteiger partial charge in [-0.15, -0.1) is 0 Å². The number of rotatable bonds is 2. The maximum absolute atomic E-state index is 12.5. The Hall–Kier alpha value is -1.10. The molecule has 18 heavy (non-hydrogen) atoms. The second-order valence-corrected chi connectivity index (χ2v) is 6.24. The van der Waals surface area contributed by atoms with Crippen molar-refractivity contribution in [1.82, 2.24) is 9.80 Å². The SMILES string of the molecule is CN1CCCN(C(=O)C(C)(C)C(C)(C)N)CC1=O. The number of carbonyl (C=O) groups excluding carboxylic acids is 2. The molecule has 1 saturated heterocycles. The van der Waals surface area contributed by atoms with E-state index in [0.29, 0.717) is 13.1 Å². The highest BCUT2D eigenvalue weighted by atomic mass is 16.2. The van der Waals surface area contributed by atoms with E-state index in [9.17, 15) is 9.59 Å². The summed E-state index contributed by atoms with van der Waals surface area (Å²) in [4.78, 5) is 27.7. The summed E-state index contributed by atoms with van der Waals surface area (Å²) >= 11 is 0. The van der Waals surface area contributed by atoms with Gasteiger partial charge in [-0.05, 0) is 34.1 Å². The number of carbonyl (C=O) groups is 2. The van der Waals surface area contributed by atoms with Crippen LogP contribution >= 0.6 is 0 Å². The van der Waals surface area contributed by atoms with Crippen LogP contribution in [0.25, 0.3) is 0 Å². The number of likely N-dealkylation sites (N-methyl/N-ethyl adjacent to an activating group) is 1. The van der Waals surface area contributed by atoms with Crippen LogP contribution in [0.3, 0.4) is 0 Å². The van der Waals surface area contributed by atoms with Crippen LogP contribution in [0.2, 0.25) is 0 Å². The van der Waals surface area contributed by atoms with Gasteiger partial charge in [-0.3, -0.25) is 9.59 Å². The molecular formula is C13H25N3O2. The molecule has 0 spiro atoms. The lowest BCUT2D eigenvalue weighted by atomic mass is 9.74. The standard InChI is InChI=1S/C13H25N3O2/c1-12(2,13(3,4)14)11(18)16-8-6-7-15(5)10(17)9-16/h6-9,14H2,1-5H3. The zero-order valence-corrected chi connectivity index (χ0v) is 12.1. The molecule has 0 saturated carbocycles. The van der Waals surface area contributed by atoms with Gasteiger partial charge >= 0.3 is 0 Å². The van der Waals surface area contributed by atoms with Gasteiger partial charge in [0.2, 0.25) is 11.8 Å². The molecule has 1 rings (SSSR count). The first-order valence-corrected chi connectivity index (χ1v) is 6.39. The van der Waals surface area contributed by atoms with Crippen molar-refractivity contribution in [2.24, 2.45) is 11.1 Å². The van der Waals surface area contributed by atoms with Crippen molar-refractivity contribution < 1.29 is 9.59 Å². The predicted octanol–water partition coefficient (Wildman–Crippen LogP) is 0.441. The van der Waals surface area contributed by atoms with Crippen LogP contribution in [-0.4, -0.2) is 53.8 Å². The van der Waals surface area contributed by atoms with Gasteiger partial charge in [-0.1, -0.05) is 0 Å². The van der Waals surface area contributed by atoms with Gasteiger partial charge < -0.3 is 15.5 Å². The van der Waals surface area contributed by atoms with E-state index in [-0.39, 0.29) is 18.4 Å². The van der Waals surface area contributed by atoms with Crippen LogP contribution in [0.5, 0.6) is 0 Å². The molecule has 1 aliphatic rings. The molecule has 0 aromatic heterocycles. The van der Waals surface area contributed by atoms with Crippen molar-refractivity contribution in [3.8, 4) is 0 Å². The molecule has 2 amide bonds. The monoisotopic (exact) mass is 255 g/mol. The van der Waals surface area contributed by atoms with E-state index < -0.39 is 11.0 Å². The normalized spacial score (nSPS) is 18.9. The molecule has 2 N–H and O–H groups in total. The summed E-state index contributed by atoms with van der Waals surface area (Å²) in [6, 6.07) is 0. The van der Waals surface area contributed by atoms with Crippen molar-refractivity contribution >= 4 is 11.8 Å². The molecule has 1 fully saturated rings. The maximum Gasteiger partial charge on any atom is 0.241 e. The third kappa shape index (κ3) is 2.83. The van der Waals surface area contributed by atoms with E-state index in [0.717, 1.165) is 6.42 Å². The fourth-order valence-electron chi connectivity index (χ4n) is 1.83. The van der Waals surface area contributed by atoms with Gasteiger partial charge in [0, 0.05) is 25.7 Å². The lowest BCUT2D eigenvalue weighted by Crippen LogP contribution is -2.57. The van der Waals surface area contributed by atoms with Crippen molar-refractivity contribution in [3.63, 3.8) is 0 Å². The van der Waals surface area contributed by atoms with Crippen LogP contribution in [0, 0.1) is 5.41 Å². The molecule has 0 unspecified atom stereocenters. The van der Waals surface area contributed by atoms with Crippen LogP contribution < -0.4 is 5.73 Å². The lowest BCUT2D eigenvalue weighted by Gasteiger charge is -2.40. The Balaban J connectivity index is 2.87. The second kappa shape index (κ2) is 4.88. The molecule has 104 valence electrons. The summed E-state index contributed by atoms with van der Waals surface area (Å²) in [5, 5.41) is 0. The van der Waals surface area contributed by atoms with Crippen molar-refractivity contribution in [2.75, 3.05) is 26.7 Å². The maximum atomic E-state index is 12.5. The molecule has 1 heterocycles. The molecular weight excluding hydrogens is 230 g/mol. The van der Waals surface area contributed by atoms with Gasteiger partial charge in [0.1, 0.15) is 0 Å². The highest BCUT2D eigenvalue weighted by molar-refractivity contribution is 5.88. The van der Waals surface area contributed by atoms with Gasteiger partial charge in [0.15, 0.2) is 0 Å². The Morgan fingerprint density at radius 3 is 2.28 bits per heavy atom. The van der Waals surface area contributed by atoms with E-state index in [4.69, 9.17) is 5.73 Å². The second-order valence-electron chi connectivity index (χ2n) is 6.24. The fraction of sp³-hybridized carbons (Fsp3) is 0.846. The number of amides is 2. The topological polar surface area (TPSA) is 66.6 Å². The summed E-state index contributed by atoms with van der Waals surface area (Å²) in [5.74, 6) is -0.0508. The quantitative estimate of drug-likeness (QED) is 0.778. The Kier molecular flexibility index (Phi) is 4.05. The summed E-state index contributed by atoms with van der Waals surface area (Å²) in [6.07, 6.45) is 0.815. The van der Waals surface area contributed by atoms with Crippen molar-refractivity contribution in [2.45, 2.75) is 39.7 Å². The Morgan fingerprint density at radius 2 is 1.78 bits per heavy atom. The first-order chi connectivity index (χ1) is 8.07. The van der Waals surface area contributed by atoms with E-state index in [1.807, 2.05) is 27.7 Å². The molecule has 0 atom stereocenters. The molecule has 0 aromatic carbocycles. The summed E-state index contributed by atoms with van der Waals surface area (Å²) < 4.78 is 0. The van der Waals surface area contributed by atoms with Crippen LogP contribution in [0.1, 0.15) is 34.1 Å². The minimum absolute atomic E-state index is 0.00789. The largest absolute Gasteiger partial charge is 0.344 e. The molecule has 5 nitrogen and oxygen atoms in total. The summed E-state index contributed by atoms with van der Waals surface area (Å²) in [5.41, 5.74) is 4.77. The van der Waals surface area contributed by atoms with Crippen molar-refractivity contribution in [1.29, 1.82) is 0 Å². The average molecular weight is 255 g/mol. The third-order valence-corrected chi connectivity index (χ3v) is 4.11.